The van der Waals surface area contributed by atoms with Gasteiger partial charge in [-0.05, 0) is 48.0 Å². The molecule has 0 aliphatic carbocycles. The summed E-state index contributed by atoms with van der Waals surface area (Å²) in [7, 11) is 0. The van der Waals surface area contributed by atoms with Crippen molar-refractivity contribution in [3.8, 4) is 5.75 Å². The van der Waals surface area contributed by atoms with Crippen LogP contribution in [-0.2, 0) is 4.79 Å². The Morgan fingerprint density at radius 3 is 2.70 bits per heavy atom. The summed E-state index contributed by atoms with van der Waals surface area (Å²) >= 11 is 9.18. The molecule has 0 aliphatic rings. The maximum Gasteiger partial charge on any atom is 0.223 e. The normalized spacial score (nSPS) is 10.7. The molecule has 0 saturated carbocycles. The Morgan fingerprint density at radius 1 is 1.50 bits per heavy atom. The molecule has 0 bridgehead atoms. The molecule has 0 fully saturated rings. The van der Waals surface area contributed by atoms with Gasteiger partial charge in [-0.3, -0.25) is 4.79 Å². The zero-order chi connectivity index (χ0) is 14.5. The molecular weight excluding hydrogens is 367 g/mol. The Hall–Kier alpha value is -0.490. The molecule has 0 spiro atoms. The molecule has 0 saturated heterocycles. The van der Waals surface area contributed by atoms with Gasteiger partial charge < -0.3 is 15.8 Å². The van der Waals surface area contributed by atoms with Crippen LogP contribution in [0.25, 0.3) is 0 Å². The molecule has 0 unspecified atom stereocenters. The second-order valence-corrected chi connectivity index (χ2v) is 6.10. The van der Waals surface area contributed by atoms with Crippen molar-refractivity contribution in [2.75, 3.05) is 13.2 Å². The van der Waals surface area contributed by atoms with E-state index in [9.17, 15) is 4.79 Å². The number of carbonyl (C=O) groups is 1. The Labute approximate surface area is 138 Å². The number of nitrogens with two attached hydrogens (primary N) is 1. The highest BCUT2D eigenvalue weighted by Gasteiger charge is 2.17. The summed E-state index contributed by atoms with van der Waals surface area (Å²) in [4.78, 5) is 11.7. The topological polar surface area (TPSA) is 64.3 Å². The van der Waals surface area contributed by atoms with Crippen molar-refractivity contribution in [1.29, 1.82) is 0 Å². The van der Waals surface area contributed by atoms with E-state index in [4.69, 9.17) is 22.1 Å². The smallest absolute Gasteiger partial charge is 0.223 e. The third-order valence-electron chi connectivity index (χ3n) is 2.47. The number of rotatable bonds is 6. The summed E-state index contributed by atoms with van der Waals surface area (Å²) < 4.78 is 6.28. The Morgan fingerprint density at radius 2 is 2.15 bits per heavy atom. The van der Waals surface area contributed by atoms with Gasteiger partial charge in [0.25, 0.3) is 0 Å². The van der Waals surface area contributed by atoms with Crippen LogP contribution in [0.15, 0.2) is 22.7 Å². The fourth-order valence-electron chi connectivity index (χ4n) is 1.34. The summed E-state index contributed by atoms with van der Waals surface area (Å²) in [5, 5.41) is 3.47. The van der Waals surface area contributed by atoms with E-state index in [1.807, 2.05) is 13.8 Å². The molecule has 7 heteroatoms. The van der Waals surface area contributed by atoms with Crippen molar-refractivity contribution in [2.24, 2.45) is 5.73 Å². The van der Waals surface area contributed by atoms with E-state index in [-0.39, 0.29) is 24.7 Å². The van der Waals surface area contributed by atoms with Gasteiger partial charge in [-0.1, -0.05) is 11.6 Å². The molecule has 1 aromatic carbocycles. The van der Waals surface area contributed by atoms with E-state index in [1.54, 1.807) is 18.2 Å². The lowest BCUT2D eigenvalue weighted by molar-refractivity contribution is -0.123. The summed E-state index contributed by atoms with van der Waals surface area (Å²) in [6.45, 7) is 4.44. The number of amides is 1. The highest BCUT2D eigenvalue weighted by molar-refractivity contribution is 9.10. The molecule has 4 nitrogen and oxygen atoms in total. The van der Waals surface area contributed by atoms with Gasteiger partial charge in [0, 0.05) is 17.1 Å². The predicted molar refractivity (Wildman–Crippen MR) is 87.8 cm³/mol. The Kier molecular flexibility index (Phi) is 8.51. The largest absolute Gasteiger partial charge is 0.492 e. The molecule has 114 valence electrons. The summed E-state index contributed by atoms with van der Waals surface area (Å²) in [5.41, 5.74) is 5.15. The van der Waals surface area contributed by atoms with Gasteiger partial charge in [0.1, 0.15) is 5.75 Å². The zero-order valence-electron chi connectivity index (χ0n) is 11.4. The van der Waals surface area contributed by atoms with Crippen LogP contribution in [0.1, 0.15) is 20.3 Å². The zero-order valence-corrected chi connectivity index (χ0v) is 14.6. The fourth-order valence-corrected chi connectivity index (χ4v) is 2.13. The predicted octanol–water partition coefficient (Wildman–Crippen LogP) is 3.15. The number of hydrogen-bond acceptors (Lipinski definition) is 3. The summed E-state index contributed by atoms with van der Waals surface area (Å²) in [6, 6.07) is 5.24. The number of hydrogen-bond donors (Lipinski definition) is 2. The van der Waals surface area contributed by atoms with Crippen LogP contribution in [0.4, 0.5) is 0 Å². The van der Waals surface area contributed by atoms with Gasteiger partial charge in [-0.15, -0.1) is 12.4 Å². The maximum absolute atomic E-state index is 11.7. The van der Waals surface area contributed by atoms with Crippen LogP contribution in [0.3, 0.4) is 0 Å². The van der Waals surface area contributed by atoms with Crippen molar-refractivity contribution in [3.05, 3.63) is 27.7 Å². The fraction of sp³-hybridized carbons (Fsp3) is 0.462. The van der Waals surface area contributed by atoms with E-state index in [1.165, 1.54) is 0 Å². The standard InChI is InChI=1S/C13H18BrClN2O2.ClH/c1-13(2,8-16)17-12(18)5-6-19-11-4-3-9(15)7-10(11)14;/h3-4,7H,5-6,8,16H2,1-2H3,(H,17,18);1H. The summed E-state index contributed by atoms with van der Waals surface area (Å²) in [5.74, 6) is 0.579. The van der Waals surface area contributed by atoms with E-state index in [2.05, 4.69) is 21.2 Å². The average Bonchev–Trinajstić information content (AvgIpc) is 2.31. The third-order valence-corrected chi connectivity index (χ3v) is 3.32. The maximum atomic E-state index is 11.7. The molecule has 20 heavy (non-hydrogen) atoms. The highest BCUT2D eigenvalue weighted by atomic mass is 79.9. The van der Waals surface area contributed by atoms with Gasteiger partial charge in [0.05, 0.1) is 17.5 Å². The third kappa shape index (κ3) is 6.79. The minimum Gasteiger partial charge on any atom is -0.492 e. The van der Waals surface area contributed by atoms with E-state index in [0.29, 0.717) is 23.9 Å². The molecule has 1 aromatic rings. The first kappa shape index (κ1) is 19.5. The lowest BCUT2D eigenvalue weighted by Gasteiger charge is -2.24. The van der Waals surface area contributed by atoms with Crippen molar-refractivity contribution in [3.63, 3.8) is 0 Å². The molecule has 0 atom stereocenters. The molecular formula is C13H19BrCl2N2O2. The lowest BCUT2D eigenvalue weighted by Crippen LogP contribution is -2.49. The van der Waals surface area contributed by atoms with E-state index in [0.717, 1.165) is 4.47 Å². The monoisotopic (exact) mass is 384 g/mol. The molecule has 1 rings (SSSR count). The van der Waals surface area contributed by atoms with E-state index >= 15 is 0 Å². The number of nitrogens with one attached hydrogen (secondary N) is 1. The first-order valence-corrected chi connectivity index (χ1v) is 7.10. The highest BCUT2D eigenvalue weighted by Crippen LogP contribution is 2.27. The first-order valence-electron chi connectivity index (χ1n) is 5.93. The summed E-state index contributed by atoms with van der Waals surface area (Å²) in [6.07, 6.45) is 0.276. The molecule has 3 N–H and O–H groups in total. The molecule has 0 heterocycles. The van der Waals surface area contributed by atoms with Crippen LogP contribution < -0.4 is 15.8 Å². The van der Waals surface area contributed by atoms with Crippen LogP contribution in [0, 0.1) is 0 Å². The minimum absolute atomic E-state index is 0. The van der Waals surface area contributed by atoms with Crippen LogP contribution in [-0.4, -0.2) is 24.6 Å². The molecule has 0 radical (unpaired) electrons. The first-order chi connectivity index (χ1) is 8.84. The number of halogens is 3. The van der Waals surface area contributed by atoms with Crippen LogP contribution in [0.2, 0.25) is 5.02 Å². The number of ether oxygens (including phenoxy) is 1. The average molecular weight is 386 g/mol. The van der Waals surface area contributed by atoms with Crippen molar-refractivity contribution in [2.45, 2.75) is 25.8 Å². The van der Waals surface area contributed by atoms with Gasteiger partial charge in [0.15, 0.2) is 0 Å². The van der Waals surface area contributed by atoms with Crippen LogP contribution >= 0.6 is 39.9 Å². The molecule has 0 aromatic heterocycles. The Balaban J connectivity index is 0.00000361. The van der Waals surface area contributed by atoms with Crippen LogP contribution in [0.5, 0.6) is 5.75 Å². The van der Waals surface area contributed by atoms with E-state index < -0.39 is 5.54 Å². The quantitative estimate of drug-likeness (QED) is 0.790. The second kappa shape index (κ2) is 8.72. The molecule has 1 amide bonds. The Bertz CT molecular complexity index is 456. The lowest BCUT2D eigenvalue weighted by atomic mass is 10.1. The molecule has 0 aliphatic heterocycles. The van der Waals surface area contributed by atoms with Gasteiger partial charge >= 0.3 is 0 Å². The minimum atomic E-state index is -0.391. The number of benzene rings is 1. The van der Waals surface area contributed by atoms with Crippen molar-refractivity contribution >= 4 is 45.8 Å². The number of carbonyl (C=O) groups excluding carboxylic acids is 1. The van der Waals surface area contributed by atoms with Gasteiger partial charge in [-0.25, -0.2) is 0 Å². The SMILES string of the molecule is CC(C)(CN)NC(=O)CCOc1ccc(Cl)cc1Br.Cl. The second-order valence-electron chi connectivity index (χ2n) is 4.81. The van der Waals surface area contributed by atoms with Gasteiger partial charge in [-0.2, -0.15) is 0 Å². The van der Waals surface area contributed by atoms with Gasteiger partial charge in [0.2, 0.25) is 5.91 Å². The van der Waals surface area contributed by atoms with Crippen molar-refractivity contribution in [1.82, 2.24) is 5.32 Å². The van der Waals surface area contributed by atoms with Crippen molar-refractivity contribution < 1.29 is 9.53 Å².